The Labute approximate surface area is 109 Å². The van der Waals surface area contributed by atoms with Crippen molar-refractivity contribution in [3.63, 3.8) is 0 Å². The molecule has 1 saturated heterocycles. The molecule has 1 atom stereocenters. The molecule has 3 heteroatoms. The van der Waals surface area contributed by atoms with Crippen LogP contribution in [-0.2, 0) is 0 Å². The molecule has 0 aromatic heterocycles. The highest BCUT2D eigenvalue weighted by molar-refractivity contribution is 5.71. The van der Waals surface area contributed by atoms with Crippen molar-refractivity contribution in [3.05, 3.63) is 30.3 Å². The van der Waals surface area contributed by atoms with Gasteiger partial charge >= 0.3 is 6.09 Å². The molecule has 98 valence electrons. The summed E-state index contributed by atoms with van der Waals surface area (Å²) in [5.74, 6) is 0.626. The minimum atomic E-state index is -0.199. The first-order chi connectivity index (χ1) is 8.81. The van der Waals surface area contributed by atoms with Gasteiger partial charge in [-0.2, -0.15) is 0 Å². The first kappa shape index (κ1) is 12.9. The van der Waals surface area contributed by atoms with Crippen molar-refractivity contribution in [2.75, 3.05) is 6.54 Å². The van der Waals surface area contributed by atoms with E-state index in [2.05, 4.69) is 6.92 Å². The lowest BCUT2D eigenvalue weighted by Crippen LogP contribution is -2.41. The molecule has 1 amide bonds. The van der Waals surface area contributed by atoms with E-state index in [4.69, 9.17) is 4.74 Å². The summed E-state index contributed by atoms with van der Waals surface area (Å²) in [6.07, 6.45) is 5.42. The largest absolute Gasteiger partial charge is 0.415 e. The summed E-state index contributed by atoms with van der Waals surface area (Å²) in [7, 11) is 0. The second-order valence-electron chi connectivity index (χ2n) is 4.79. The molecular formula is C15H21NO2. The molecule has 0 N–H and O–H groups in total. The zero-order valence-corrected chi connectivity index (χ0v) is 11.0. The van der Waals surface area contributed by atoms with E-state index in [-0.39, 0.29) is 6.09 Å². The second kappa shape index (κ2) is 6.43. The minimum absolute atomic E-state index is 0.199. The molecule has 0 bridgehead atoms. The third kappa shape index (κ3) is 3.25. The predicted octanol–water partition coefficient (Wildman–Crippen LogP) is 3.84. The van der Waals surface area contributed by atoms with Crippen LogP contribution in [0.4, 0.5) is 4.79 Å². The zero-order valence-electron chi connectivity index (χ0n) is 11.0. The quantitative estimate of drug-likeness (QED) is 0.794. The van der Waals surface area contributed by atoms with E-state index >= 15 is 0 Å². The van der Waals surface area contributed by atoms with Crippen molar-refractivity contribution in [1.29, 1.82) is 0 Å². The van der Waals surface area contributed by atoms with Gasteiger partial charge in [0.05, 0.1) is 0 Å². The molecule has 0 saturated carbocycles. The fourth-order valence-corrected chi connectivity index (χ4v) is 2.49. The lowest BCUT2D eigenvalue weighted by Gasteiger charge is -2.28. The minimum Gasteiger partial charge on any atom is -0.410 e. The smallest absolute Gasteiger partial charge is 0.410 e. The van der Waals surface area contributed by atoms with Crippen LogP contribution in [0.3, 0.4) is 0 Å². The van der Waals surface area contributed by atoms with Gasteiger partial charge < -0.3 is 9.64 Å². The van der Waals surface area contributed by atoms with Crippen LogP contribution in [0.5, 0.6) is 5.75 Å². The van der Waals surface area contributed by atoms with Crippen LogP contribution in [0.25, 0.3) is 0 Å². The van der Waals surface area contributed by atoms with Gasteiger partial charge in [-0.25, -0.2) is 4.79 Å². The molecule has 1 aromatic rings. The Kier molecular flexibility index (Phi) is 4.62. The maximum absolute atomic E-state index is 12.2. The summed E-state index contributed by atoms with van der Waals surface area (Å²) >= 11 is 0. The average Bonchev–Trinajstić information content (AvgIpc) is 2.64. The van der Waals surface area contributed by atoms with Gasteiger partial charge in [-0.1, -0.05) is 38.0 Å². The van der Waals surface area contributed by atoms with Crippen LogP contribution in [0.1, 0.15) is 39.0 Å². The van der Waals surface area contributed by atoms with Crippen LogP contribution in [0.15, 0.2) is 30.3 Å². The Morgan fingerprint density at radius 2 is 2.06 bits per heavy atom. The van der Waals surface area contributed by atoms with E-state index < -0.39 is 0 Å². The fraction of sp³-hybridized carbons (Fsp3) is 0.533. The number of likely N-dealkylation sites (tertiary alicyclic amines) is 1. The van der Waals surface area contributed by atoms with Crippen molar-refractivity contribution in [3.8, 4) is 5.75 Å². The standard InChI is InChI=1S/C15H21NO2/c1-2-13-9-5-4-8-12-16(13)15(17)18-14-10-6-3-7-11-14/h3,6-7,10-11,13H,2,4-5,8-9,12H2,1H3. The Balaban J connectivity index is 2.01. The summed E-state index contributed by atoms with van der Waals surface area (Å²) in [6, 6.07) is 9.64. The highest BCUT2D eigenvalue weighted by Gasteiger charge is 2.25. The molecule has 1 aliphatic heterocycles. The van der Waals surface area contributed by atoms with Gasteiger partial charge in [-0.3, -0.25) is 0 Å². The van der Waals surface area contributed by atoms with Crippen LogP contribution in [-0.4, -0.2) is 23.6 Å². The highest BCUT2D eigenvalue weighted by atomic mass is 16.6. The lowest BCUT2D eigenvalue weighted by molar-refractivity contribution is 0.131. The molecule has 3 nitrogen and oxygen atoms in total. The molecule has 1 aromatic carbocycles. The van der Waals surface area contributed by atoms with Crippen molar-refractivity contribution >= 4 is 6.09 Å². The number of benzene rings is 1. The number of ether oxygens (including phenoxy) is 1. The van der Waals surface area contributed by atoms with Crippen molar-refractivity contribution < 1.29 is 9.53 Å². The third-order valence-corrected chi connectivity index (χ3v) is 3.53. The van der Waals surface area contributed by atoms with E-state index in [1.54, 1.807) is 0 Å². The summed E-state index contributed by atoms with van der Waals surface area (Å²) in [6.45, 7) is 2.96. The Morgan fingerprint density at radius 1 is 1.28 bits per heavy atom. The van der Waals surface area contributed by atoms with Crippen LogP contribution >= 0.6 is 0 Å². The van der Waals surface area contributed by atoms with Crippen molar-refractivity contribution in [1.82, 2.24) is 4.90 Å². The summed E-state index contributed by atoms with van der Waals surface area (Å²) < 4.78 is 5.43. The summed E-state index contributed by atoms with van der Waals surface area (Å²) in [4.78, 5) is 14.1. The van der Waals surface area contributed by atoms with E-state index in [0.29, 0.717) is 11.8 Å². The Hall–Kier alpha value is -1.51. The van der Waals surface area contributed by atoms with Crippen LogP contribution in [0, 0.1) is 0 Å². The van der Waals surface area contributed by atoms with Gasteiger partial charge in [-0.15, -0.1) is 0 Å². The molecule has 0 aliphatic carbocycles. The van der Waals surface area contributed by atoms with Gasteiger partial charge in [-0.05, 0) is 31.4 Å². The number of carbonyl (C=O) groups is 1. The third-order valence-electron chi connectivity index (χ3n) is 3.53. The van der Waals surface area contributed by atoms with Crippen molar-refractivity contribution in [2.45, 2.75) is 45.1 Å². The number of carbonyl (C=O) groups excluding carboxylic acids is 1. The maximum atomic E-state index is 12.2. The van der Waals surface area contributed by atoms with Gasteiger partial charge in [0.15, 0.2) is 0 Å². The van der Waals surface area contributed by atoms with E-state index in [0.717, 1.165) is 25.8 Å². The number of nitrogens with zero attached hydrogens (tertiary/aromatic N) is 1. The van der Waals surface area contributed by atoms with Gasteiger partial charge in [0.1, 0.15) is 5.75 Å². The molecule has 18 heavy (non-hydrogen) atoms. The number of amides is 1. The lowest BCUT2D eigenvalue weighted by atomic mass is 10.1. The topological polar surface area (TPSA) is 29.5 Å². The summed E-state index contributed by atoms with van der Waals surface area (Å²) in [5.41, 5.74) is 0. The number of rotatable bonds is 2. The molecule has 0 radical (unpaired) electrons. The van der Waals surface area contributed by atoms with E-state index in [1.165, 1.54) is 12.8 Å². The summed E-state index contributed by atoms with van der Waals surface area (Å²) in [5, 5.41) is 0. The van der Waals surface area contributed by atoms with Gasteiger partial charge in [0, 0.05) is 12.6 Å². The molecule has 1 heterocycles. The molecule has 0 spiro atoms. The van der Waals surface area contributed by atoms with Crippen molar-refractivity contribution in [2.24, 2.45) is 0 Å². The second-order valence-corrected chi connectivity index (χ2v) is 4.79. The zero-order chi connectivity index (χ0) is 12.8. The molecular weight excluding hydrogens is 226 g/mol. The SMILES string of the molecule is CCC1CCCCCN1C(=O)Oc1ccccc1. The fourth-order valence-electron chi connectivity index (χ4n) is 2.49. The molecule has 1 fully saturated rings. The maximum Gasteiger partial charge on any atom is 0.415 e. The highest BCUT2D eigenvalue weighted by Crippen LogP contribution is 2.21. The van der Waals surface area contributed by atoms with Crippen LogP contribution < -0.4 is 4.74 Å². The Bertz CT molecular complexity index is 377. The number of hydrogen-bond acceptors (Lipinski definition) is 2. The number of para-hydroxylation sites is 1. The molecule has 2 rings (SSSR count). The first-order valence-electron chi connectivity index (χ1n) is 6.84. The van der Waals surface area contributed by atoms with E-state index in [9.17, 15) is 4.79 Å². The normalized spacial score (nSPS) is 20.3. The number of hydrogen-bond donors (Lipinski definition) is 0. The van der Waals surface area contributed by atoms with Gasteiger partial charge in [0.25, 0.3) is 0 Å². The van der Waals surface area contributed by atoms with Gasteiger partial charge in [0.2, 0.25) is 0 Å². The molecule has 1 unspecified atom stereocenters. The van der Waals surface area contributed by atoms with Crippen LogP contribution in [0.2, 0.25) is 0 Å². The Morgan fingerprint density at radius 3 is 2.78 bits per heavy atom. The monoisotopic (exact) mass is 247 g/mol. The molecule has 1 aliphatic rings. The first-order valence-corrected chi connectivity index (χ1v) is 6.84. The van der Waals surface area contributed by atoms with E-state index in [1.807, 2.05) is 35.2 Å². The average molecular weight is 247 g/mol. The predicted molar refractivity (Wildman–Crippen MR) is 71.7 cm³/mol.